The maximum Gasteiger partial charge on any atom is 0.359 e. The summed E-state index contributed by atoms with van der Waals surface area (Å²) in [6, 6.07) is 1.64. The van der Waals surface area contributed by atoms with Crippen molar-refractivity contribution in [2.24, 2.45) is 0 Å². The molecular formula is C12H10F2N2O3. The van der Waals surface area contributed by atoms with E-state index in [-0.39, 0.29) is 23.2 Å². The van der Waals surface area contributed by atoms with Gasteiger partial charge in [0, 0.05) is 18.4 Å². The van der Waals surface area contributed by atoms with E-state index < -0.39 is 23.5 Å². The van der Waals surface area contributed by atoms with Crippen LogP contribution in [-0.4, -0.2) is 28.3 Å². The molecule has 19 heavy (non-hydrogen) atoms. The molecule has 100 valence electrons. The lowest BCUT2D eigenvalue weighted by Gasteiger charge is -1.98. The van der Waals surface area contributed by atoms with Crippen molar-refractivity contribution in [2.75, 3.05) is 6.61 Å². The van der Waals surface area contributed by atoms with Crippen molar-refractivity contribution in [3.63, 3.8) is 0 Å². The van der Waals surface area contributed by atoms with Crippen molar-refractivity contribution < 1.29 is 23.1 Å². The van der Waals surface area contributed by atoms with Gasteiger partial charge in [-0.3, -0.25) is 4.79 Å². The first kappa shape index (κ1) is 13.1. The molecule has 0 bridgehead atoms. The Kier molecular flexibility index (Phi) is 3.28. The molecule has 0 aliphatic carbocycles. The van der Waals surface area contributed by atoms with E-state index in [2.05, 4.69) is 5.10 Å². The lowest BCUT2D eigenvalue weighted by atomic mass is 10.2. The number of hydrogen-bond donors (Lipinski definition) is 0. The normalized spacial score (nSPS) is 10.7. The Hall–Kier alpha value is -2.31. The largest absolute Gasteiger partial charge is 0.461 e. The van der Waals surface area contributed by atoms with Crippen molar-refractivity contribution in [3.05, 3.63) is 29.5 Å². The van der Waals surface area contributed by atoms with Crippen LogP contribution in [-0.2, 0) is 4.74 Å². The molecule has 0 saturated carbocycles. The van der Waals surface area contributed by atoms with Crippen molar-refractivity contribution in [1.29, 1.82) is 0 Å². The molecule has 0 fully saturated rings. The summed E-state index contributed by atoms with van der Waals surface area (Å²) in [6.45, 7) is 2.90. The second kappa shape index (κ2) is 4.75. The molecule has 0 atom stereocenters. The van der Waals surface area contributed by atoms with Gasteiger partial charge in [0.05, 0.1) is 12.1 Å². The first-order valence-electron chi connectivity index (χ1n) is 5.51. The van der Waals surface area contributed by atoms with Crippen LogP contribution < -0.4 is 0 Å². The molecular weight excluding hydrogens is 258 g/mol. The van der Waals surface area contributed by atoms with Crippen molar-refractivity contribution in [2.45, 2.75) is 13.8 Å². The van der Waals surface area contributed by atoms with E-state index in [1.54, 1.807) is 6.92 Å². The molecule has 0 amide bonds. The summed E-state index contributed by atoms with van der Waals surface area (Å²) in [5.41, 5.74) is -0.194. The van der Waals surface area contributed by atoms with E-state index in [1.165, 1.54) is 6.92 Å². The van der Waals surface area contributed by atoms with Crippen LogP contribution in [0, 0.1) is 11.6 Å². The molecule has 2 rings (SSSR count). The molecule has 0 aliphatic rings. The van der Waals surface area contributed by atoms with Gasteiger partial charge in [-0.1, -0.05) is 0 Å². The zero-order chi connectivity index (χ0) is 14.2. The summed E-state index contributed by atoms with van der Waals surface area (Å²) in [5, 5.41) is 3.78. The van der Waals surface area contributed by atoms with E-state index in [1.807, 2.05) is 0 Å². The number of hydrogen-bond acceptors (Lipinski definition) is 4. The highest BCUT2D eigenvalue weighted by molar-refractivity contribution is 6.04. The summed E-state index contributed by atoms with van der Waals surface area (Å²) < 4.78 is 32.0. The Morgan fingerprint density at radius 3 is 2.53 bits per heavy atom. The summed E-state index contributed by atoms with van der Waals surface area (Å²) in [5.74, 6) is -3.56. The zero-order valence-electron chi connectivity index (χ0n) is 10.2. The summed E-state index contributed by atoms with van der Waals surface area (Å²) >= 11 is 0. The Morgan fingerprint density at radius 1 is 1.32 bits per heavy atom. The molecule has 1 heterocycles. The summed E-state index contributed by atoms with van der Waals surface area (Å²) in [6.07, 6.45) is 0. The maximum absolute atomic E-state index is 13.2. The molecule has 2 aromatic rings. The van der Waals surface area contributed by atoms with Crippen LogP contribution in [0.2, 0.25) is 0 Å². The van der Waals surface area contributed by atoms with Crippen LogP contribution in [0.5, 0.6) is 0 Å². The maximum atomic E-state index is 13.2. The molecule has 0 spiro atoms. The number of carbonyl (C=O) groups excluding carboxylic acids is 2. The van der Waals surface area contributed by atoms with Crippen LogP contribution in [0.25, 0.3) is 10.9 Å². The summed E-state index contributed by atoms with van der Waals surface area (Å²) in [7, 11) is 0. The smallest absolute Gasteiger partial charge is 0.359 e. The second-order valence-corrected chi connectivity index (χ2v) is 3.78. The molecule has 7 heteroatoms. The number of fused-ring (bicyclic) bond motifs is 1. The fraction of sp³-hybridized carbons (Fsp3) is 0.250. The lowest BCUT2D eigenvalue weighted by molar-refractivity contribution is 0.0521. The summed E-state index contributed by atoms with van der Waals surface area (Å²) in [4.78, 5) is 23.0. The highest BCUT2D eigenvalue weighted by Gasteiger charge is 2.22. The van der Waals surface area contributed by atoms with Crippen molar-refractivity contribution in [1.82, 2.24) is 9.78 Å². The number of rotatable bonds is 2. The molecule has 0 N–H and O–H groups in total. The van der Waals surface area contributed by atoms with Gasteiger partial charge in [0.2, 0.25) is 5.91 Å². The topological polar surface area (TPSA) is 61.2 Å². The van der Waals surface area contributed by atoms with E-state index >= 15 is 0 Å². The predicted molar refractivity (Wildman–Crippen MR) is 61.9 cm³/mol. The molecule has 5 nitrogen and oxygen atoms in total. The molecule has 0 radical (unpaired) electrons. The Balaban J connectivity index is 2.75. The van der Waals surface area contributed by atoms with Gasteiger partial charge in [-0.15, -0.1) is 0 Å². The van der Waals surface area contributed by atoms with Gasteiger partial charge in [0.1, 0.15) is 0 Å². The van der Waals surface area contributed by atoms with Gasteiger partial charge in [-0.25, -0.2) is 13.6 Å². The monoisotopic (exact) mass is 268 g/mol. The molecule has 0 saturated heterocycles. The third-order valence-electron chi connectivity index (χ3n) is 2.49. The fourth-order valence-electron chi connectivity index (χ4n) is 1.70. The average molecular weight is 268 g/mol. The van der Waals surface area contributed by atoms with E-state index in [0.717, 1.165) is 16.8 Å². The Labute approximate surface area is 106 Å². The minimum atomic E-state index is -1.12. The van der Waals surface area contributed by atoms with Crippen LogP contribution in [0.3, 0.4) is 0 Å². The van der Waals surface area contributed by atoms with Crippen LogP contribution in [0.15, 0.2) is 12.1 Å². The number of esters is 1. The molecule has 1 aromatic carbocycles. The lowest BCUT2D eigenvalue weighted by Crippen LogP contribution is -2.10. The minimum absolute atomic E-state index is 0.0226. The van der Waals surface area contributed by atoms with E-state index in [0.29, 0.717) is 0 Å². The minimum Gasteiger partial charge on any atom is -0.461 e. The predicted octanol–water partition coefficient (Wildman–Crippen LogP) is 2.15. The number of ether oxygens (including phenoxy) is 1. The van der Waals surface area contributed by atoms with Crippen LogP contribution in [0.1, 0.15) is 29.1 Å². The quantitative estimate of drug-likeness (QED) is 0.783. The van der Waals surface area contributed by atoms with Gasteiger partial charge < -0.3 is 4.74 Å². The van der Waals surface area contributed by atoms with Gasteiger partial charge in [0.25, 0.3) is 0 Å². The van der Waals surface area contributed by atoms with Crippen molar-refractivity contribution >= 4 is 22.8 Å². The van der Waals surface area contributed by atoms with Gasteiger partial charge in [-0.05, 0) is 13.0 Å². The fourth-order valence-corrected chi connectivity index (χ4v) is 1.70. The van der Waals surface area contributed by atoms with E-state index in [9.17, 15) is 18.4 Å². The first-order chi connectivity index (χ1) is 8.95. The number of halogens is 2. The highest BCUT2D eigenvalue weighted by atomic mass is 19.2. The van der Waals surface area contributed by atoms with Crippen LogP contribution >= 0.6 is 0 Å². The second-order valence-electron chi connectivity index (χ2n) is 3.78. The first-order valence-corrected chi connectivity index (χ1v) is 5.51. The number of benzene rings is 1. The zero-order valence-corrected chi connectivity index (χ0v) is 10.2. The third kappa shape index (κ3) is 2.18. The van der Waals surface area contributed by atoms with Gasteiger partial charge >= 0.3 is 5.97 Å². The highest BCUT2D eigenvalue weighted by Crippen LogP contribution is 2.22. The third-order valence-corrected chi connectivity index (χ3v) is 2.49. The molecule has 1 aromatic heterocycles. The Bertz CT molecular complexity index is 679. The van der Waals surface area contributed by atoms with E-state index in [4.69, 9.17) is 4.74 Å². The number of carbonyl (C=O) groups is 2. The van der Waals surface area contributed by atoms with Gasteiger partial charge in [0.15, 0.2) is 17.3 Å². The van der Waals surface area contributed by atoms with Crippen LogP contribution in [0.4, 0.5) is 8.78 Å². The number of aromatic nitrogens is 2. The standard InChI is InChI=1S/C12H10F2N2O3/c1-3-19-12(18)11-7-4-8(13)9(14)5-10(7)16(15-11)6(2)17/h4-5H,3H2,1-2H3. The molecule has 0 unspecified atom stereocenters. The number of nitrogens with zero attached hydrogens (tertiary/aromatic N) is 2. The SMILES string of the molecule is CCOC(=O)c1nn(C(C)=O)c2cc(F)c(F)cc12. The Morgan fingerprint density at radius 2 is 1.95 bits per heavy atom. The molecule has 0 aliphatic heterocycles. The van der Waals surface area contributed by atoms with Gasteiger partial charge in [-0.2, -0.15) is 9.78 Å². The average Bonchev–Trinajstić information content (AvgIpc) is 2.69. The van der Waals surface area contributed by atoms with Crippen molar-refractivity contribution in [3.8, 4) is 0 Å².